The van der Waals surface area contributed by atoms with Crippen molar-refractivity contribution in [2.75, 3.05) is 11.9 Å². The molecule has 19 heavy (non-hydrogen) atoms. The standard InChI is InChI=1S/C13H15N3O3/c1-9(8-17)19-11-4-2-3-10(7-11)13(18)15-12-5-6-14-16-12/h2-7,9,17H,8H2,1H3,(H2,14,15,16,18)/t9-/m0/s1. The SMILES string of the molecule is C[C@@H](CO)Oc1cccc(C(=O)Nc2ccn[nH]2)c1. The van der Waals surface area contributed by atoms with Gasteiger partial charge in [0.1, 0.15) is 17.7 Å². The molecule has 0 aliphatic heterocycles. The molecule has 1 aromatic carbocycles. The molecule has 0 fully saturated rings. The van der Waals surface area contributed by atoms with E-state index in [2.05, 4.69) is 15.5 Å². The Labute approximate surface area is 110 Å². The molecule has 2 rings (SSSR count). The van der Waals surface area contributed by atoms with Crippen molar-refractivity contribution in [1.82, 2.24) is 10.2 Å². The lowest BCUT2D eigenvalue weighted by atomic mass is 10.2. The number of benzene rings is 1. The van der Waals surface area contributed by atoms with E-state index >= 15 is 0 Å². The van der Waals surface area contributed by atoms with E-state index in [0.717, 1.165) is 0 Å². The van der Waals surface area contributed by atoms with Gasteiger partial charge in [0, 0.05) is 11.6 Å². The summed E-state index contributed by atoms with van der Waals surface area (Å²) in [4.78, 5) is 12.0. The van der Waals surface area contributed by atoms with Crippen LogP contribution in [-0.2, 0) is 0 Å². The van der Waals surface area contributed by atoms with Crippen molar-refractivity contribution in [2.24, 2.45) is 0 Å². The summed E-state index contributed by atoms with van der Waals surface area (Å²) in [6, 6.07) is 8.42. The Balaban J connectivity index is 2.07. The minimum atomic E-state index is -0.314. The van der Waals surface area contributed by atoms with Crippen LogP contribution in [-0.4, -0.2) is 33.9 Å². The van der Waals surface area contributed by atoms with Crippen molar-refractivity contribution in [3.05, 3.63) is 42.1 Å². The van der Waals surface area contributed by atoms with Crippen LogP contribution in [0, 0.1) is 0 Å². The van der Waals surface area contributed by atoms with Crippen LogP contribution >= 0.6 is 0 Å². The van der Waals surface area contributed by atoms with E-state index in [1.54, 1.807) is 43.5 Å². The van der Waals surface area contributed by atoms with Crippen LogP contribution in [0.5, 0.6) is 5.75 Å². The zero-order valence-electron chi connectivity index (χ0n) is 10.5. The molecule has 1 amide bonds. The van der Waals surface area contributed by atoms with Crippen molar-refractivity contribution in [2.45, 2.75) is 13.0 Å². The predicted octanol–water partition coefficient (Wildman–Crippen LogP) is 1.42. The van der Waals surface area contributed by atoms with E-state index in [9.17, 15) is 4.79 Å². The Morgan fingerprint density at radius 3 is 3.05 bits per heavy atom. The number of aromatic amines is 1. The Morgan fingerprint density at radius 2 is 2.37 bits per heavy atom. The van der Waals surface area contributed by atoms with Gasteiger partial charge in [0.2, 0.25) is 0 Å². The van der Waals surface area contributed by atoms with E-state index in [0.29, 0.717) is 17.1 Å². The fourth-order valence-electron chi connectivity index (χ4n) is 1.50. The molecule has 1 heterocycles. The molecule has 0 radical (unpaired) electrons. The molecule has 0 spiro atoms. The molecule has 1 atom stereocenters. The van der Waals surface area contributed by atoms with Gasteiger partial charge in [0.25, 0.3) is 5.91 Å². The molecule has 100 valence electrons. The first-order valence-corrected chi connectivity index (χ1v) is 5.87. The fraction of sp³-hybridized carbons (Fsp3) is 0.231. The molecule has 0 aliphatic rings. The maximum atomic E-state index is 12.0. The van der Waals surface area contributed by atoms with E-state index < -0.39 is 0 Å². The van der Waals surface area contributed by atoms with Crippen LogP contribution in [0.1, 0.15) is 17.3 Å². The summed E-state index contributed by atoms with van der Waals surface area (Å²) in [6.45, 7) is 1.67. The number of carbonyl (C=O) groups excluding carboxylic acids is 1. The number of hydrogen-bond acceptors (Lipinski definition) is 4. The third kappa shape index (κ3) is 3.56. The lowest BCUT2D eigenvalue weighted by molar-refractivity contribution is 0.102. The van der Waals surface area contributed by atoms with Crippen LogP contribution in [0.25, 0.3) is 0 Å². The topological polar surface area (TPSA) is 87.2 Å². The number of amides is 1. The zero-order chi connectivity index (χ0) is 13.7. The first-order valence-electron chi connectivity index (χ1n) is 5.87. The Hall–Kier alpha value is -2.34. The first-order chi connectivity index (χ1) is 9.19. The highest BCUT2D eigenvalue weighted by Crippen LogP contribution is 2.16. The highest BCUT2D eigenvalue weighted by Gasteiger charge is 2.09. The normalized spacial score (nSPS) is 11.9. The number of H-pyrrole nitrogens is 1. The van der Waals surface area contributed by atoms with Gasteiger partial charge in [-0.15, -0.1) is 0 Å². The second-order valence-corrected chi connectivity index (χ2v) is 4.06. The zero-order valence-corrected chi connectivity index (χ0v) is 10.5. The molecular formula is C13H15N3O3. The number of hydrogen-bond donors (Lipinski definition) is 3. The van der Waals surface area contributed by atoms with Crippen molar-refractivity contribution in [3.8, 4) is 5.75 Å². The average molecular weight is 261 g/mol. The van der Waals surface area contributed by atoms with E-state index in [-0.39, 0.29) is 18.6 Å². The van der Waals surface area contributed by atoms with Gasteiger partial charge >= 0.3 is 0 Å². The third-order valence-electron chi connectivity index (χ3n) is 2.44. The van der Waals surface area contributed by atoms with Gasteiger partial charge in [-0.3, -0.25) is 9.89 Å². The lowest BCUT2D eigenvalue weighted by Gasteiger charge is -2.12. The van der Waals surface area contributed by atoms with Gasteiger partial charge in [-0.1, -0.05) is 6.07 Å². The van der Waals surface area contributed by atoms with Gasteiger partial charge in [-0.25, -0.2) is 0 Å². The quantitative estimate of drug-likeness (QED) is 0.759. The second-order valence-electron chi connectivity index (χ2n) is 4.06. The van der Waals surface area contributed by atoms with E-state index in [1.165, 1.54) is 0 Å². The molecule has 0 unspecified atom stereocenters. The Bertz CT molecular complexity index is 540. The number of nitrogens with zero attached hydrogens (tertiary/aromatic N) is 1. The summed E-state index contributed by atoms with van der Waals surface area (Å²) in [5, 5.41) is 18.0. The van der Waals surface area contributed by atoms with Gasteiger partial charge in [-0.05, 0) is 25.1 Å². The van der Waals surface area contributed by atoms with Crippen LogP contribution in [0.15, 0.2) is 36.5 Å². The minimum absolute atomic E-state index is 0.0788. The number of carbonyl (C=O) groups is 1. The number of anilines is 1. The molecule has 0 aliphatic carbocycles. The van der Waals surface area contributed by atoms with Crippen LogP contribution < -0.4 is 10.1 Å². The second kappa shape index (κ2) is 6.01. The van der Waals surface area contributed by atoms with E-state index in [1.807, 2.05) is 0 Å². The number of aliphatic hydroxyl groups is 1. The summed E-state index contributed by atoms with van der Waals surface area (Å²) >= 11 is 0. The number of ether oxygens (including phenoxy) is 1. The molecular weight excluding hydrogens is 246 g/mol. The number of aliphatic hydroxyl groups excluding tert-OH is 1. The minimum Gasteiger partial charge on any atom is -0.488 e. The van der Waals surface area contributed by atoms with Crippen molar-refractivity contribution < 1.29 is 14.6 Å². The third-order valence-corrected chi connectivity index (χ3v) is 2.44. The largest absolute Gasteiger partial charge is 0.488 e. The highest BCUT2D eigenvalue weighted by molar-refractivity contribution is 6.03. The van der Waals surface area contributed by atoms with Gasteiger partial charge in [0.05, 0.1) is 12.8 Å². The number of nitrogens with one attached hydrogen (secondary N) is 2. The Morgan fingerprint density at radius 1 is 1.53 bits per heavy atom. The van der Waals surface area contributed by atoms with Gasteiger partial charge in [0.15, 0.2) is 0 Å². The maximum absolute atomic E-state index is 12.0. The monoisotopic (exact) mass is 261 g/mol. The lowest BCUT2D eigenvalue weighted by Crippen LogP contribution is -2.17. The van der Waals surface area contributed by atoms with Crippen molar-refractivity contribution >= 4 is 11.7 Å². The molecule has 1 aromatic heterocycles. The Kier molecular flexibility index (Phi) is 4.15. The average Bonchev–Trinajstić information content (AvgIpc) is 2.91. The molecule has 0 saturated carbocycles. The van der Waals surface area contributed by atoms with Crippen LogP contribution in [0.2, 0.25) is 0 Å². The molecule has 6 heteroatoms. The summed E-state index contributed by atoms with van der Waals surface area (Å²) in [6.07, 6.45) is 1.24. The summed E-state index contributed by atoms with van der Waals surface area (Å²) in [5.74, 6) is 0.810. The maximum Gasteiger partial charge on any atom is 0.256 e. The summed E-state index contributed by atoms with van der Waals surface area (Å²) < 4.78 is 5.44. The molecule has 3 N–H and O–H groups in total. The molecule has 6 nitrogen and oxygen atoms in total. The van der Waals surface area contributed by atoms with Gasteiger partial charge < -0.3 is 15.2 Å². The van der Waals surface area contributed by atoms with Crippen LogP contribution in [0.4, 0.5) is 5.82 Å². The van der Waals surface area contributed by atoms with E-state index in [4.69, 9.17) is 9.84 Å². The first kappa shape index (κ1) is 13.1. The molecule has 2 aromatic rings. The summed E-state index contributed by atoms with van der Waals surface area (Å²) in [7, 11) is 0. The predicted molar refractivity (Wildman–Crippen MR) is 70.2 cm³/mol. The smallest absolute Gasteiger partial charge is 0.256 e. The summed E-state index contributed by atoms with van der Waals surface area (Å²) in [5.41, 5.74) is 0.470. The number of rotatable bonds is 5. The number of aromatic nitrogens is 2. The van der Waals surface area contributed by atoms with Crippen molar-refractivity contribution in [1.29, 1.82) is 0 Å². The van der Waals surface area contributed by atoms with Crippen molar-refractivity contribution in [3.63, 3.8) is 0 Å². The van der Waals surface area contributed by atoms with Crippen LogP contribution in [0.3, 0.4) is 0 Å². The highest BCUT2D eigenvalue weighted by atomic mass is 16.5. The fourth-order valence-corrected chi connectivity index (χ4v) is 1.50. The molecule has 0 saturated heterocycles. The molecule has 0 bridgehead atoms. The van der Waals surface area contributed by atoms with Gasteiger partial charge in [-0.2, -0.15) is 5.10 Å².